The zero-order valence-corrected chi connectivity index (χ0v) is 24.6. The van der Waals surface area contributed by atoms with Crippen LogP contribution < -0.4 is 4.90 Å². The van der Waals surface area contributed by atoms with Crippen LogP contribution in [0.15, 0.2) is 116 Å². The minimum absolute atomic E-state index is 0. The van der Waals surface area contributed by atoms with Crippen molar-refractivity contribution in [1.82, 2.24) is 14.3 Å². The van der Waals surface area contributed by atoms with Crippen LogP contribution in [0.5, 0.6) is 0 Å². The summed E-state index contributed by atoms with van der Waals surface area (Å²) < 4.78 is 2.41. The Labute approximate surface area is 247 Å². The molecule has 0 N–H and O–H groups in total. The third-order valence-electron chi connectivity index (χ3n) is 7.32. The number of fused-ring (bicyclic) bond motifs is 6. The Bertz CT molecular complexity index is 1890. The molecule has 0 fully saturated rings. The van der Waals surface area contributed by atoms with Gasteiger partial charge in [0.05, 0.1) is 5.52 Å². The first kappa shape index (κ1) is 26.1. The first-order chi connectivity index (χ1) is 19.2. The van der Waals surface area contributed by atoms with Gasteiger partial charge in [-0.25, -0.2) is 0 Å². The van der Waals surface area contributed by atoms with E-state index in [1.54, 1.807) is 6.20 Å². The summed E-state index contributed by atoms with van der Waals surface area (Å²) in [6.45, 7) is 6.51. The Morgan fingerprint density at radius 2 is 1.52 bits per heavy atom. The molecule has 0 radical (unpaired) electrons. The van der Waals surface area contributed by atoms with Gasteiger partial charge in [0.15, 0.2) is 0 Å². The fourth-order valence-electron chi connectivity index (χ4n) is 5.40. The molecule has 0 saturated heterocycles. The molecule has 0 saturated carbocycles. The quantitative estimate of drug-likeness (QED) is 0.174. The molecule has 0 aliphatic carbocycles. The Balaban J connectivity index is 0.000000188. The van der Waals surface area contributed by atoms with Gasteiger partial charge in [0.1, 0.15) is 0 Å². The molecule has 5 heteroatoms. The molecular weight excluding hydrogens is 669 g/mol. The third kappa shape index (κ3) is 4.42. The van der Waals surface area contributed by atoms with Crippen molar-refractivity contribution in [3.05, 3.63) is 134 Å². The molecule has 4 aromatic carbocycles. The van der Waals surface area contributed by atoms with Crippen molar-refractivity contribution in [2.45, 2.75) is 19.9 Å². The van der Waals surface area contributed by atoms with E-state index < -0.39 is 0 Å². The predicted molar refractivity (Wildman–Crippen MR) is 161 cm³/mol. The summed E-state index contributed by atoms with van der Waals surface area (Å²) in [6.07, 6.45) is 6.00. The summed E-state index contributed by atoms with van der Waals surface area (Å²) in [5.41, 5.74) is 6.88. The molecule has 0 bridgehead atoms. The fraction of sp³-hybridized carbons (Fsp3) is 0.0857. The predicted octanol–water partition coefficient (Wildman–Crippen LogP) is 8.30. The van der Waals surface area contributed by atoms with Gasteiger partial charge in [-0.05, 0) is 55.5 Å². The number of rotatable bonds is 3. The van der Waals surface area contributed by atoms with Crippen LogP contribution in [-0.4, -0.2) is 20.3 Å². The Hall–Kier alpha value is -4.18. The molecule has 7 aromatic rings. The van der Waals surface area contributed by atoms with Crippen molar-refractivity contribution in [2.24, 2.45) is 0 Å². The van der Waals surface area contributed by atoms with Crippen molar-refractivity contribution < 1.29 is 20.1 Å². The summed E-state index contributed by atoms with van der Waals surface area (Å²) in [6, 6.07) is 40.4. The molecular formula is C35H27IrN4. The molecule has 8 rings (SSSR count). The van der Waals surface area contributed by atoms with Gasteiger partial charge in [0.2, 0.25) is 0 Å². The molecule has 196 valence electrons. The molecule has 4 nitrogen and oxygen atoms in total. The summed E-state index contributed by atoms with van der Waals surface area (Å²) in [4.78, 5) is 8.57. The summed E-state index contributed by atoms with van der Waals surface area (Å²) in [7, 11) is 0. The van der Waals surface area contributed by atoms with E-state index in [1.807, 2.05) is 42.5 Å². The van der Waals surface area contributed by atoms with Crippen LogP contribution in [0.4, 0.5) is 5.69 Å². The van der Waals surface area contributed by atoms with Crippen LogP contribution >= 0.6 is 0 Å². The van der Waals surface area contributed by atoms with Crippen LogP contribution in [0.2, 0.25) is 0 Å². The number of anilines is 1. The molecule has 4 heterocycles. The van der Waals surface area contributed by atoms with Gasteiger partial charge in [-0.1, -0.05) is 54.0 Å². The number of aromatic nitrogens is 2. The van der Waals surface area contributed by atoms with Gasteiger partial charge in [-0.15, -0.1) is 53.0 Å². The standard InChI is InChI=1S/C24H19N3.C11H8N.Ir/c1-16(2)25-12-13-26(15-25)17-10-11-19-21-8-5-7-20-18-6-3-4-9-22(18)27(24(20)21)23(19)14-17;1-2-6-10(7-3-1)11-8-4-5-9-12-11;/h3-9,11-16H,1-2H3;1-6,8-9H;/q-2;-1;+3. The normalized spacial score (nSPS) is 13.0. The van der Waals surface area contributed by atoms with Crippen molar-refractivity contribution in [1.29, 1.82) is 0 Å². The largest absolute Gasteiger partial charge is 3.00 e. The van der Waals surface area contributed by atoms with Crippen molar-refractivity contribution in [3.63, 3.8) is 0 Å². The maximum absolute atomic E-state index is 4.22. The fourth-order valence-corrected chi connectivity index (χ4v) is 5.40. The van der Waals surface area contributed by atoms with E-state index in [9.17, 15) is 0 Å². The van der Waals surface area contributed by atoms with E-state index in [2.05, 4.69) is 119 Å². The molecule has 40 heavy (non-hydrogen) atoms. The van der Waals surface area contributed by atoms with Gasteiger partial charge in [-0.2, -0.15) is 18.8 Å². The molecule has 1 aliphatic heterocycles. The number of benzene rings is 4. The molecule has 0 unspecified atom stereocenters. The number of pyridine rings is 1. The molecule has 0 atom stereocenters. The summed E-state index contributed by atoms with van der Waals surface area (Å²) >= 11 is 0. The summed E-state index contributed by atoms with van der Waals surface area (Å²) in [5.74, 6) is 0. The van der Waals surface area contributed by atoms with E-state index in [0.29, 0.717) is 6.04 Å². The number of para-hydroxylation sites is 2. The van der Waals surface area contributed by atoms with E-state index in [4.69, 9.17) is 0 Å². The van der Waals surface area contributed by atoms with Gasteiger partial charge in [0, 0.05) is 22.5 Å². The average molecular weight is 696 g/mol. The van der Waals surface area contributed by atoms with Crippen LogP contribution in [-0.2, 0) is 20.1 Å². The minimum Gasteiger partial charge on any atom is -0.506 e. The topological polar surface area (TPSA) is 23.8 Å². The van der Waals surface area contributed by atoms with Crippen molar-refractivity contribution >= 4 is 43.8 Å². The maximum Gasteiger partial charge on any atom is 3.00 e. The molecule has 3 aromatic heterocycles. The zero-order chi connectivity index (χ0) is 26.3. The average Bonchev–Trinajstić information content (AvgIpc) is 3.71. The zero-order valence-electron chi connectivity index (χ0n) is 22.2. The second-order valence-corrected chi connectivity index (χ2v) is 10.0. The van der Waals surface area contributed by atoms with Gasteiger partial charge in [-0.3, -0.25) is 0 Å². The van der Waals surface area contributed by atoms with Crippen LogP contribution in [0.3, 0.4) is 0 Å². The number of hydrogen-bond donors (Lipinski definition) is 0. The first-order valence-corrected chi connectivity index (χ1v) is 13.2. The molecule has 1 aliphatic rings. The second kappa shape index (κ2) is 10.8. The monoisotopic (exact) mass is 696 g/mol. The van der Waals surface area contributed by atoms with Gasteiger partial charge in [0.25, 0.3) is 0 Å². The van der Waals surface area contributed by atoms with Crippen molar-refractivity contribution in [2.75, 3.05) is 4.90 Å². The molecule has 0 amide bonds. The summed E-state index contributed by atoms with van der Waals surface area (Å²) in [5, 5.41) is 5.19. The minimum atomic E-state index is 0. The molecule has 0 spiro atoms. The van der Waals surface area contributed by atoms with Crippen molar-refractivity contribution in [3.8, 4) is 11.3 Å². The van der Waals surface area contributed by atoms with Crippen LogP contribution in [0.1, 0.15) is 13.8 Å². The third-order valence-corrected chi connectivity index (χ3v) is 7.32. The van der Waals surface area contributed by atoms with E-state index in [1.165, 1.54) is 38.1 Å². The smallest absolute Gasteiger partial charge is 0.506 e. The van der Waals surface area contributed by atoms with Crippen LogP contribution in [0, 0.1) is 18.8 Å². The van der Waals surface area contributed by atoms with Crippen LogP contribution in [0.25, 0.3) is 49.4 Å². The maximum atomic E-state index is 4.22. The number of nitrogens with zero attached hydrogens (tertiary/aromatic N) is 4. The van der Waals surface area contributed by atoms with E-state index in [0.717, 1.165) is 16.9 Å². The number of hydrogen-bond acceptors (Lipinski definition) is 3. The Morgan fingerprint density at radius 1 is 0.750 bits per heavy atom. The van der Waals surface area contributed by atoms with E-state index in [-0.39, 0.29) is 20.1 Å². The van der Waals surface area contributed by atoms with E-state index >= 15 is 0 Å². The SMILES string of the molecule is CC(C)N1C=CN(c2[c-]cc3c4cccc5c6ccccc6n(c3c2)c54)[CH-]1.[Ir+3].[c-]1ccccc1-c1ccccn1. The van der Waals surface area contributed by atoms with Gasteiger partial charge < -0.3 is 19.2 Å². The first-order valence-electron chi connectivity index (χ1n) is 13.2. The Kier molecular flexibility index (Phi) is 7.02. The Morgan fingerprint density at radius 3 is 2.27 bits per heavy atom. The van der Waals surface area contributed by atoms with Gasteiger partial charge >= 0.3 is 20.1 Å². The second-order valence-electron chi connectivity index (χ2n) is 10.0.